The molecule has 1 N–H and O–H groups in total. The number of carbonyl (C=O) groups excluding carboxylic acids is 1. The number of likely N-dealkylation sites (N-methyl/N-ethyl adjacent to an activating group) is 1. The van der Waals surface area contributed by atoms with Gasteiger partial charge in [-0.3, -0.25) is 4.79 Å². The third kappa shape index (κ3) is 4.49. The number of nitrogens with one attached hydrogen (secondary N) is 1. The highest BCUT2D eigenvalue weighted by molar-refractivity contribution is 6.31. The van der Waals surface area contributed by atoms with E-state index in [-0.39, 0.29) is 35.3 Å². The Morgan fingerprint density at radius 2 is 1.88 bits per heavy atom. The maximum atomic E-state index is 13.5. The van der Waals surface area contributed by atoms with Gasteiger partial charge in [-0.25, -0.2) is 4.39 Å². The number of hydrogen-bond acceptors (Lipinski definition) is 2. The van der Waals surface area contributed by atoms with Crippen LogP contribution in [-0.2, 0) is 0 Å². The highest BCUT2D eigenvalue weighted by Gasteiger charge is 2.32. The molecule has 1 aliphatic heterocycles. The molecule has 1 aliphatic rings. The molecule has 3 rings (SSSR count). The zero-order chi connectivity index (χ0) is 18.0. The van der Waals surface area contributed by atoms with E-state index >= 15 is 0 Å². The Labute approximate surface area is 168 Å². The lowest BCUT2D eigenvalue weighted by molar-refractivity contribution is 0.0679. The predicted octanol–water partition coefficient (Wildman–Crippen LogP) is 4.77. The Balaban J connectivity index is 0.00000243. The normalized spacial score (nSPS) is 19.5. The summed E-state index contributed by atoms with van der Waals surface area (Å²) in [6.45, 7) is 1.54. The van der Waals surface area contributed by atoms with Crippen molar-refractivity contribution >= 4 is 41.5 Å². The van der Waals surface area contributed by atoms with E-state index < -0.39 is 5.82 Å². The van der Waals surface area contributed by atoms with Crippen LogP contribution in [0.5, 0.6) is 0 Å². The molecular weight excluding hydrogens is 398 g/mol. The fraction of sp³-hybridized carbons (Fsp3) is 0.316. The van der Waals surface area contributed by atoms with Gasteiger partial charge in [-0.15, -0.1) is 12.4 Å². The standard InChI is InChI=1S/C19H19Cl2FN2O.ClH/c1-24(19(25)12-2-5-14(20)6-3-12)18-8-9-23-11-15(18)13-4-7-17(22)16(21)10-13;/h2-7,10,15,18,23H,8-9,11H2,1H3;1H/t15-,18+;/m0./s1. The van der Waals surface area contributed by atoms with E-state index in [4.69, 9.17) is 23.2 Å². The summed E-state index contributed by atoms with van der Waals surface area (Å²) in [6.07, 6.45) is 0.815. The van der Waals surface area contributed by atoms with Crippen LogP contribution < -0.4 is 5.32 Å². The molecule has 0 radical (unpaired) electrons. The third-order valence-corrected chi connectivity index (χ3v) is 5.27. The molecule has 2 aromatic carbocycles. The third-order valence-electron chi connectivity index (χ3n) is 4.73. The molecule has 0 bridgehead atoms. The zero-order valence-corrected chi connectivity index (χ0v) is 16.5. The summed E-state index contributed by atoms with van der Waals surface area (Å²) in [5.41, 5.74) is 1.53. The summed E-state index contributed by atoms with van der Waals surface area (Å²) in [5, 5.41) is 4.05. The fourth-order valence-electron chi connectivity index (χ4n) is 3.34. The first-order chi connectivity index (χ1) is 12.0. The van der Waals surface area contributed by atoms with Gasteiger partial charge in [0.1, 0.15) is 5.82 Å². The lowest BCUT2D eigenvalue weighted by atomic mass is 9.85. The van der Waals surface area contributed by atoms with Gasteiger partial charge in [0, 0.05) is 36.1 Å². The molecule has 1 saturated heterocycles. The SMILES string of the molecule is CN(C(=O)c1ccc(Cl)cc1)[C@@H]1CCNC[C@H]1c1ccc(F)c(Cl)c1.Cl. The monoisotopic (exact) mass is 416 g/mol. The number of benzene rings is 2. The number of carbonyl (C=O) groups is 1. The quantitative estimate of drug-likeness (QED) is 0.780. The van der Waals surface area contributed by atoms with E-state index in [1.807, 2.05) is 7.05 Å². The summed E-state index contributed by atoms with van der Waals surface area (Å²) in [5.74, 6) is -0.439. The summed E-state index contributed by atoms with van der Waals surface area (Å²) in [4.78, 5) is 14.6. The second kappa shape index (κ2) is 9.05. The molecule has 0 aromatic heterocycles. The molecule has 1 amide bonds. The average Bonchev–Trinajstić information content (AvgIpc) is 2.63. The van der Waals surface area contributed by atoms with Crippen molar-refractivity contribution in [2.75, 3.05) is 20.1 Å². The number of rotatable bonds is 3. The van der Waals surface area contributed by atoms with Crippen LogP contribution in [0, 0.1) is 5.82 Å². The molecule has 0 saturated carbocycles. The van der Waals surface area contributed by atoms with Gasteiger partial charge in [0.15, 0.2) is 0 Å². The maximum absolute atomic E-state index is 13.5. The van der Waals surface area contributed by atoms with Gasteiger partial charge in [0.2, 0.25) is 0 Å². The minimum absolute atomic E-state index is 0. The summed E-state index contributed by atoms with van der Waals surface area (Å²) >= 11 is 11.8. The zero-order valence-electron chi connectivity index (χ0n) is 14.2. The molecule has 26 heavy (non-hydrogen) atoms. The van der Waals surface area contributed by atoms with Gasteiger partial charge in [0.05, 0.1) is 5.02 Å². The molecule has 7 heteroatoms. The van der Waals surface area contributed by atoms with E-state index in [0.29, 0.717) is 17.1 Å². The van der Waals surface area contributed by atoms with Crippen LogP contribution in [0.15, 0.2) is 42.5 Å². The van der Waals surface area contributed by atoms with E-state index in [0.717, 1.165) is 18.5 Å². The lowest BCUT2D eigenvalue weighted by Crippen LogP contribution is -2.49. The molecule has 1 fully saturated rings. The molecule has 0 unspecified atom stereocenters. The predicted molar refractivity (Wildman–Crippen MR) is 106 cm³/mol. The van der Waals surface area contributed by atoms with Gasteiger partial charge in [0.25, 0.3) is 5.91 Å². The lowest BCUT2D eigenvalue weighted by Gasteiger charge is -2.38. The molecule has 0 spiro atoms. The van der Waals surface area contributed by atoms with Crippen molar-refractivity contribution in [3.63, 3.8) is 0 Å². The van der Waals surface area contributed by atoms with Crippen molar-refractivity contribution in [3.8, 4) is 0 Å². The Bertz CT molecular complexity index is 770. The van der Waals surface area contributed by atoms with Crippen LogP contribution in [0.1, 0.15) is 28.3 Å². The highest BCUT2D eigenvalue weighted by atomic mass is 35.5. The van der Waals surface area contributed by atoms with Crippen molar-refractivity contribution in [2.45, 2.75) is 18.4 Å². The molecule has 0 aliphatic carbocycles. The average molecular weight is 418 g/mol. The first kappa shape index (κ1) is 21.0. The van der Waals surface area contributed by atoms with Crippen molar-refractivity contribution in [3.05, 3.63) is 69.5 Å². The van der Waals surface area contributed by atoms with Gasteiger partial charge in [-0.2, -0.15) is 0 Å². The van der Waals surface area contributed by atoms with Crippen LogP contribution >= 0.6 is 35.6 Å². The Morgan fingerprint density at radius 3 is 2.54 bits per heavy atom. The molecular formula is C19H20Cl3FN2O. The number of piperidine rings is 1. The van der Waals surface area contributed by atoms with Gasteiger partial charge in [-0.05, 0) is 54.9 Å². The van der Waals surface area contributed by atoms with E-state index in [1.54, 1.807) is 41.3 Å². The topological polar surface area (TPSA) is 32.3 Å². The first-order valence-corrected chi connectivity index (χ1v) is 8.91. The summed E-state index contributed by atoms with van der Waals surface area (Å²) in [6, 6.07) is 11.7. The van der Waals surface area contributed by atoms with Crippen LogP contribution in [0.2, 0.25) is 10.0 Å². The van der Waals surface area contributed by atoms with E-state index in [9.17, 15) is 9.18 Å². The van der Waals surface area contributed by atoms with Gasteiger partial charge in [-0.1, -0.05) is 29.3 Å². The molecule has 3 nitrogen and oxygen atoms in total. The van der Waals surface area contributed by atoms with Crippen LogP contribution in [0.25, 0.3) is 0 Å². The van der Waals surface area contributed by atoms with Crippen molar-refractivity contribution in [2.24, 2.45) is 0 Å². The highest BCUT2D eigenvalue weighted by Crippen LogP contribution is 2.30. The number of hydrogen-bond donors (Lipinski definition) is 1. The second-order valence-corrected chi connectivity index (χ2v) is 7.11. The molecule has 140 valence electrons. The van der Waals surface area contributed by atoms with Gasteiger partial charge < -0.3 is 10.2 Å². The Morgan fingerprint density at radius 1 is 1.19 bits per heavy atom. The first-order valence-electron chi connectivity index (χ1n) is 8.16. The molecule has 2 atom stereocenters. The van der Waals surface area contributed by atoms with E-state index in [1.165, 1.54) is 6.07 Å². The number of halogens is 4. The molecule has 1 heterocycles. The number of amides is 1. The summed E-state index contributed by atoms with van der Waals surface area (Å²) < 4.78 is 13.5. The maximum Gasteiger partial charge on any atom is 0.253 e. The van der Waals surface area contributed by atoms with Gasteiger partial charge >= 0.3 is 0 Å². The van der Waals surface area contributed by atoms with Crippen molar-refractivity contribution < 1.29 is 9.18 Å². The van der Waals surface area contributed by atoms with Crippen molar-refractivity contribution in [1.82, 2.24) is 10.2 Å². The number of nitrogens with zero attached hydrogens (tertiary/aromatic N) is 1. The van der Waals surface area contributed by atoms with E-state index in [2.05, 4.69) is 5.32 Å². The van der Waals surface area contributed by atoms with Crippen molar-refractivity contribution in [1.29, 1.82) is 0 Å². The summed E-state index contributed by atoms with van der Waals surface area (Å²) in [7, 11) is 1.81. The van der Waals surface area contributed by atoms with Crippen LogP contribution in [0.4, 0.5) is 4.39 Å². The minimum atomic E-state index is -0.434. The Kier molecular flexibility index (Phi) is 7.30. The van der Waals surface area contributed by atoms with Crippen LogP contribution in [0.3, 0.4) is 0 Å². The second-order valence-electron chi connectivity index (χ2n) is 6.26. The smallest absolute Gasteiger partial charge is 0.253 e. The van der Waals surface area contributed by atoms with Crippen LogP contribution in [-0.4, -0.2) is 37.0 Å². The fourth-order valence-corrected chi connectivity index (χ4v) is 3.65. The molecule has 2 aromatic rings. The largest absolute Gasteiger partial charge is 0.338 e. The Hall–Kier alpha value is -1.33. The minimum Gasteiger partial charge on any atom is -0.338 e.